The Hall–Kier alpha value is -3.14. The van der Waals surface area contributed by atoms with Crippen molar-refractivity contribution in [2.24, 2.45) is 0 Å². The van der Waals surface area contributed by atoms with Crippen molar-refractivity contribution in [3.63, 3.8) is 0 Å². The Morgan fingerprint density at radius 3 is 2.69 bits per heavy atom. The summed E-state index contributed by atoms with van der Waals surface area (Å²) < 4.78 is 13.8. The maximum Gasteiger partial charge on any atom is 0.289 e. The van der Waals surface area contributed by atoms with Gasteiger partial charge in [-0.05, 0) is 47.1 Å². The minimum absolute atomic E-state index is 0.0117. The lowest BCUT2D eigenvalue weighted by molar-refractivity contribution is -0.384. The Bertz CT molecular complexity index is 1010. The van der Waals surface area contributed by atoms with Gasteiger partial charge in [0.15, 0.2) is 5.76 Å². The van der Waals surface area contributed by atoms with E-state index in [-0.39, 0.29) is 24.0 Å². The maximum atomic E-state index is 12.7. The number of ether oxygens (including phenoxy) is 1. The van der Waals surface area contributed by atoms with Gasteiger partial charge in [0, 0.05) is 25.7 Å². The first-order valence-corrected chi connectivity index (χ1v) is 9.60. The molecule has 0 saturated carbocycles. The first-order valence-electron chi connectivity index (χ1n) is 8.80. The summed E-state index contributed by atoms with van der Waals surface area (Å²) in [6.45, 7) is 3.16. The van der Waals surface area contributed by atoms with Crippen molar-refractivity contribution in [3.05, 3.63) is 74.4 Å². The molecular formula is C19H19BrN4O5. The second-order valence-electron chi connectivity index (χ2n) is 6.22. The third kappa shape index (κ3) is 4.83. The molecule has 0 aliphatic rings. The lowest BCUT2D eigenvalue weighted by atomic mass is 10.3. The largest absolute Gasteiger partial charge is 0.486 e. The van der Waals surface area contributed by atoms with E-state index in [0.29, 0.717) is 24.6 Å². The quantitative estimate of drug-likeness (QED) is 0.369. The van der Waals surface area contributed by atoms with Crippen molar-refractivity contribution in [1.29, 1.82) is 0 Å². The molecule has 152 valence electrons. The molecule has 0 bridgehead atoms. The molecule has 2 heterocycles. The zero-order chi connectivity index (χ0) is 21.0. The summed E-state index contributed by atoms with van der Waals surface area (Å²) in [5, 5.41) is 14.9. The van der Waals surface area contributed by atoms with E-state index in [0.717, 1.165) is 10.2 Å². The minimum atomic E-state index is -0.475. The number of nitro groups is 1. The molecule has 0 saturated heterocycles. The fourth-order valence-corrected chi connectivity index (χ4v) is 3.11. The Morgan fingerprint density at radius 2 is 2.03 bits per heavy atom. The first-order chi connectivity index (χ1) is 13.9. The number of nitro benzene ring substituents is 1. The van der Waals surface area contributed by atoms with E-state index in [4.69, 9.17) is 9.15 Å². The van der Waals surface area contributed by atoms with Gasteiger partial charge in [-0.25, -0.2) is 0 Å². The number of aromatic nitrogens is 2. The van der Waals surface area contributed by atoms with Crippen molar-refractivity contribution in [3.8, 4) is 5.75 Å². The van der Waals surface area contributed by atoms with Gasteiger partial charge in [-0.2, -0.15) is 5.10 Å². The van der Waals surface area contributed by atoms with Crippen LogP contribution in [0.5, 0.6) is 5.75 Å². The molecule has 0 aliphatic carbocycles. The lowest BCUT2D eigenvalue weighted by Crippen LogP contribution is -2.27. The number of non-ortho nitro benzene ring substituents is 1. The van der Waals surface area contributed by atoms with Crippen molar-refractivity contribution >= 4 is 27.5 Å². The zero-order valence-corrected chi connectivity index (χ0v) is 17.5. The van der Waals surface area contributed by atoms with Crippen LogP contribution in [-0.2, 0) is 19.7 Å². The molecule has 0 N–H and O–H groups in total. The van der Waals surface area contributed by atoms with Gasteiger partial charge in [0.25, 0.3) is 11.6 Å². The number of carbonyl (C=O) groups is 1. The van der Waals surface area contributed by atoms with Crippen LogP contribution in [0.1, 0.15) is 28.9 Å². The molecule has 1 amide bonds. The molecule has 3 aromatic rings. The van der Waals surface area contributed by atoms with Gasteiger partial charge in [-0.3, -0.25) is 19.6 Å². The monoisotopic (exact) mass is 462 g/mol. The van der Waals surface area contributed by atoms with E-state index in [2.05, 4.69) is 21.0 Å². The molecule has 0 atom stereocenters. The van der Waals surface area contributed by atoms with Gasteiger partial charge in [-0.1, -0.05) is 0 Å². The molecule has 2 aromatic heterocycles. The highest BCUT2D eigenvalue weighted by Crippen LogP contribution is 2.21. The SMILES string of the molecule is CCn1ncc(Br)c1CN(C)C(=O)c1ccc(COc2ccc([N+](=O)[O-])cc2)o1. The maximum absolute atomic E-state index is 12.7. The van der Waals surface area contributed by atoms with Crippen LogP contribution in [0.2, 0.25) is 0 Å². The Labute approximate surface area is 175 Å². The zero-order valence-electron chi connectivity index (χ0n) is 15.9. The number of aryl methyl sites for hydroxylation is 1. The first kappa shape index (κ1) is 20.6. The summed E-state index contributed by atoms with van der Waals surface area (Å²) in [5.74, 6) is 0.880. The van der Waals surface area contributed by atoms with Crippen LogP contribution in [0.15, 0.2) is 51.5 Å². The molecule has 10 heteroatoms. The average Bonchev–Trinajstić information content (AvgIpc) is 3.33. The number of hydrogen-bond acceptors (Lipinski definition) is 6. The van der Waals surface area contributed by atoms with Crippen LogP contribution in [0.3, 0.4) is 0 Å². The van der Waals surface area contributed by atoms with E-state index in [1.165, 1.54) is 24.3 Å². The van der Waals surface area contributed by atoms with Gasteiger partial charge < -0.3 is 14.1 Å². The fraction of sp³-hybridized carbons (Fsp3) is 0.263. The van der Waals surface area contributed by atoms with Crippen LogP contribution in [0.4, 0.5) is 5.69 Å². The van der Waals surface area contributed by atoms with Gasteiger partial charge >= 0.3 is 0 Å². The van der Waals surface area contributed by atoms with E-state index >= 15 is 0 Å². The molecule has 9 nitrogen and oxygen atoms in total. The summed E-state index contributed by atoms with van der Waals surface area (Å²) in [5.41, 5.74) is 0.888. The Kier molecular flexibility index (Phi) is 6.32. The molecule has 29 heavy (non-hydrogen) atoms. The number of furan rings is 1. The van der Waals surface area contributed by atoms with Gasteiger partial charge in [0.1, 0.15) is 18.1 Å². The molecule has 0 spiro atoms. The molecular weight excluding hydrogens is 444 g/mol. The number of amides is 1. The number of rotatable bonds is 8. The Balaban J connectivity index is 1.60. The number of hydrogen-bond donors (Lipinski definition) is 0. The predicted molar refractivity (Wildman–Crippen MR) is 108 cm³/mol. The summed E-state index contributed by atoms with van der Waals surface area (Å²) in [4.78, 5) is 24.4. The number of halogens is 1. The molecule has 0 unspecified atom stereocenters. The highest BCUT2D eigenvalue weighted by Gasteiger charge is 2.19. The Morgan fingerprint density at radius 1 is 1.31 bits per heavy atom. The fourth-order valence-electron chi connectivity index (χ4n) is 2.69. The van der Waals surface area contributed by atoms with Gasteiger partial charge in [0.05, 0.1) is 27.8 Å². The van der Waals surface area contributed by atoms with E-state index in [1.54, 1.807) is 30.3 Å². The number of carbonyl (C=O) groups excluding carboxylic acids is 1. The van der Waals surface area contributed by atoms with E-state index in [9.17, 15) is 14.9 Å². The smallest absolute Gasteiger partial charge is 0.289 e. The normalized spacial score (nSPS) is 10.7. The molecule has 0 radical (unpaired) electrons. The minimum Gasteiger partial charge on any atom is -0.486 e. The second-order valence-corrected chi connectivity index (χ2v) is 7.08. The summed E-state index contributed by atoms with van der Waals surface area (Å²) in [6, 6.07) is 9.00. The molecule has 0 aliphatic heterocycles. The van der Waals surface area contributed by atoms with Crippen LogP contribution in [-0.4, -0.2) is 32.6 Å². The number of benzene rings is 1. The van der Waals surface area contributed by atoms with E-state index < -0.39 is 4.92 Å². The van der Waals surface area contributed by atoms with Crippen molar-refractivity contribution in [2.75, 3.05) is 7.05 Å². The summed E-state index contributed by atoms with van der Waals surface area (Å²) in [7, 11) is 1.69. The highest BCUT2D eigenvalue weighted by atomic mass is 79.9. The number of nitrogens with zero attached hydrogens (tertiary/aromatic N) is 4. The van der Waals surface area contributed by atoms with Crippen molar-refractivity contribution < 1.29 is 18.9 Å². The van der Waals surface area contributed by atoms with Crippen molar-refractivity contribution in [1.82, 2.24) is 14.7 Å². The van der Waals surface area contributed by atoms with Crippen molar-refractivity contribution in [2.45, 2.75) is 26.6 Å². The summed E-state index contributed by atoms with van der Waals surface area (Å²) in [6.07, 6.45) is 1.71. The molecule has 1 aromatic carbocycles. The van der Waals surface area contributed by atoms with Crippen LogP contribution >= 0.6 is 15.9 Å². The summed E-state index contributed by atoms with van der Waals surface area (Å²) >= 11 is 3.45. The molecule has 3 rings (SSSR count). The predicted octanol–water partition coefficient (Wildman–Crippen LogP) is 4.02. The average molecular weight is 463 g/mol. The third-order valence-corrected chi connectivity index (χ3v) is 4.89. The van der Waals surface area contributed by atoms with Gasteiger partial charge in [-0.15, -0.1) is 0 Å². The van der Waals surface area contributed by atoms with Crippen LogP contribution < -0.4 is 4.74 Å². The van der Waals surface area contributed by atoms with Crippen LogP contribution in [0, 0.1) is 10.1 Å². The standard InChI is InChI=1S/C19H19BrN4O5/c1-3-23-17(16(20)10-21-23)11-22(2)19(25)18-9-8-15(29-18)12-28-14-6-4-13(5-7-14)24(26)27/h4-10H,3,11-12H2,1-2H3. The van der Waals surface area contributed by atoms with Crippen LogP contribution in [0.25, 0.3) is 0 Å². The van der Waals surface area contributed by atoms with Gasteiger partial charge in [0.2, 0.25) is 0 Å². The highest BCUT2D eigenvalue weighted by molar-refractivity contribution is 9.10. The molecule has 0 fully saturated rings. The topological polar surface area (TPSA) is 104 Å². The lowest BCUT2D eigenvalue weighted by Gasteiger charge is -2.17. The second kappa shape index (κ2) is 8.91. The third-order valence-electron chi connectivity index (χ3n) is 4.23. The van der Waals surface area contributed by atoms with E-state index in [1.807, 2.05) is 11.6 Å².